The number of thiophene rings is 1. The first-order valence-corrected chi connectivity index (χ1v) is 12.5. The van der Waals surface area contributed by atoms with Gasteiger partial charge in [-0.3, -0.25) is 14.2 Å². The molecule has 2 atom stereocenters. The molecule has 1 aromatic carbocycles. The lowest BCUT2D eigenvalue weighted by Gasteiger charge is -2.33. The number of hydrogen-bond donors (Lipinski definition) is 1. The van der Waals surface area contributed by atoms with Crippen molar-refractivity contribution < 1.29 is 14.3 Å². The van der Waals surface area contributed by atoms with Gasteiger partial charge in [-0.15, -0.1) is 11.3 Å². The summed E-state index contributed by atoms with van der Waals surface area (Å²) in [7, 11) is 3.11. The van der Waals surface area contributed by atoms with Crippen LogP contribution >= 0.6 is 11.3 Å². The SMILES string of the molecule is CCC(C(=O)Nc1cc(OC)ccc1OC)n1cnc2sc3c(c2c1=O)CCC(C(C)(C)C)C3. The molecule has 0 spiro atoms. The first-order valence-electron chi connectivity index (χ1n) is 11.7. The Morgan fingerprint density at radius 3 is 2.71 bits per heavy atom. The van der Waals surface area contributed by atoms with Gasteiger partial charge in [-0.2, -0.15) is 0 Å². The van der Waals surface area contributed by atoms with Gasteiger partial charge in [0, 0.05) is 10.9 Å². The number of hydrogen-bond acceptors (Lipinski definition) is 6. The van der Waals surface area contributed by atoms with Crippen molar-refractivity contribution >= 4 is 33.1 Å². The predicted octanol–water partition coefficient (Wildman–Crippen LogP) is 5.22. The van der Waals surface area contributed by atoms with Gasteiger partial charge in [-0.05, 0) is 54.7 Å². The quantitative estimate of drug-likeness (QED) is 0.520. The summed E-state index contributed by atoms with van der Waals surface area (Å²) in [5, 5.41) is 3.59. The lowest BCUT2D eigenvalue weighted by atomic mass is 9.72. The molecule has 0 fully saturated rings. The van der Waals surface area contributed by atoms with Crippen LogP contribution in [0.4, 0.5) is 5.69 Å². The highest BCUT2D eigenvalue weighted by atomic mass is 32.1. The highest BCUT2D eigenvalue weighted by Gasteiger charge is 2.32. The van der Waals surface area contributed by atoms with Crippen molar-refractivity contribution in [3.8, 4) is 11.5 Å². The van der Waals surface area contributed by atoms with E-state index in [4.69, 9.17) is 9.47 Å². The molecule has 0 saturated carbocycles. The second-order valence-corrected chi connectivity index (χ2v) is 11.0. The van der Waals surface area contributed by atoms with E-state index in [1.807, 2.05) is 6.92 Å². The molecule has 182 valence electrons. The summed E-state index contributed by atoms with van der Waals surface area (Å²) in [6.07, 6.45) is 4.88. The van der Waals surface area contributed by atoms with Crippen LogP contribution < -0.4 is 20.3 Å². The van der Waals surface area contributed by atoms with Gasteiger partial charge in [0.1, 0.15) is 22.4 Å². The zero-order valence-corrected chi connectivity index (χ0v) is 21.5. The van der Waals surface area contributed by atoms with Crippen LogP contribution in [0.1, 0.15) is 57.0 Å². The van der Waals surface area contributed by atoms with Crippen molar-refractivity contribution in [3.05, 3.63) is 45.3 Å². The molecule has 2 heterocycles. The molecule has 0 radical (unpaired) electrons. The topological polar surface area (TPSA) is 82.4 Å². The molecule has 1 aliphatic carbocycles. The fourth-order valence-electron chi connectivity index (χ4n) is 4.78. The molecule has 0 bridgehead atoms. The number of anilines is 1. The van der Waals surface area contributed by atoms with E-state index < -0.39 is 6.04 Å². The molecule has 4 rings (SSSR count). The fourth-order valence-corrected chi connectivity index (χ4v) is 6.03. The van der Waals surface area contributed by atoms with E-state index in [0.717, 1.165) is 29.7 Å². The number of aryl methyl sites for hydroxylation is 1. The number of carbonyl (C=O) groups excluding carboxylic acids is 1. The Bertz CT molecular complexity index is 1270. The summed E-state index contributed by atoms with van der Waals surface area (Å²) in [6, 6.07) is 4.51. The molecule has 7 nitrogen and oxygen atoms in total. The second kappa shape index (κ2) is 9.41. The number of amides is 1. The van der Waals surface area contributed by atoms with Crippen LogP contribution in [-0.4, -0.2) is 29.7 Å². The molecule has 1 aliphatic rings. The number of aromatic nitrogens is 2. The van der Waals surface area contributed by atoms with Gasteiger partial charge < -0.3 is 14.8 Å². The summed E-state index contributed by atoms with van der Waals surface area (Å²) >= 11 is 1.63. The maximum absolute atomic E-state index is 13.6. The minimum Gasteiger partial charge on any atom is -0.497 e. The highest BCUT2D eigenvalue weighted by Crippen LogP contribution is 2.42. The molecule has 2 aromatic heterocycles. The third-order valence-corrected chi connectivity index (χ3v) is 8.07. The Balaban J connectivity index is 1.68. The summed E-state index contributed by atoms with van der Waals surface area (Å²) in [6.45, 7) is 8.73. The van der Waals surface area contributed by atoms with E-state index in [1.165, 1.54) is 15.8 Å². The lowest BCUT2D eigenvalue weighted by molar-refractivity contribution is -0.119. The molecular weight excluding hydrogens is 450 g/mol. The van der Waals surface area contributed by atoms with Crippen molar-refractivity contribution in [2.24, 2.45) is 11.3 Å². The number of fused-ring (bicyclic) bond motifs is 3. The van der Waals surface area contributed by atoms with Crippen LogP contribution in [0.2, 0.25) is 0 Å². The third-order valence-electron chi connectivity index (χ3n) is 6.91. The predicted molar refractivity (Wildman–Crippen MR) is 136 cm³/mol. The third kappa shape index (κ3) is 4.43. The van der Waals surface area contributed by atoms with E-state index in [-0.39, 0.29) is 16.9 Å². The Hall–Kier alpha value is -2.87. The molecule has 0 aliphatic heterocycles. The van der Waals surface area contributed by atoms with Crippen molar-refractivity contribution in [2.45, 2.75) is 59.4 Å². The minimum atomic E-state index is -0.693. The average molecular weight is 484 g/mol. The lowest BCUT2D eigenvalue weighted by Crippen LogP contribution is -2.33. The van der Waals surface area contributed by atoms with Crippen LogP contribution in [-0.2, 0) is 17.6 Å². The minimum absolute atomic E-state index is 0.142. The molecule has 3 aromatic rings. The first kappa shape index (κ1) is 24.3. The van der Waals surface area contributed by atoms with Gasteiger partial charge >= 0.3 is 0 Å². The number of ether oxygens (including phenoxy) is 2. The molecule has 0 saturated heterocycles. The van der Waals surface area contributed by atoms with Crippen molar-refractivity contribution in [1.29, 1.82) is 0 Å². The smallest absolute Gasteiger partial charge is 0.263 e. The second-order valence-electron chi connectivity index (χ2n) is 9.93. The maximum atomic E-state index is 13.6. The number of carbonyl (C=O) groups is 1. The van der Waals surface area contributed by atoms with E-state index in [9.17, 15) is 9.59 Å². The summed E-state index contributed by atoms with van der Waals surface area (Å²) in [4.78, 5) is 33.6. The van der Waals surface area contributed by atoms with Crippen LogP contribution in [0, 0.1) is 11.3 Å². The van der Waals surface area contributed by atoms with Crippen LogP contribution in [0.3, 0.4) is 0 Å². The van der Waals surface area contributed by atoms with Gasteiger partial charge in [0.25, 0.3) is 5.56 Å². The molecule has 1 N–H and O–H groups in total. The molecule has 2 unspecified atom stereocenters. The normalized spacial score (nSPS) is 16.7. The number of nitrogens with one attached hydrogen (secondary N) is 1. The van der Waals surface area contributed by atoms with Crippen LogP contribution in [0.15, 0.2) is 29.3 Å². The van der Waals surface area contributed by atoms with Gasteiger partial charge in [-0.25, -0.2) is 4.98 Å². The number of benzene rings is 1. The van der Waals surface area contributed by atoms with Crippen LogP contribution in [0.5, 0.6) is 11.5 Å². The zero-order valence-electron chi connectivity index (χ0n) is 20.7. The summed E-state index contributed by atoms with van der Waals surface area (Å²) < 4.78 is 12.1. The van der Waals surface area contributed by atoms with Gasteiger partial charge in [-0.1, -0.05) is 27.7 Å². The van der Waals surface area contributed by atoms with Gasteiger partial charge in [0.2, 0.25) is 5.91 Å². The average Bonchev–Trinajstić information content (AvgIpc) is 3.19. The Labute approximate surface area is 204 Å². The van der Waals surface area contributed by atoms with Crippen molar-refractivity contribution in [2.75, 3.05) is 19.5 Å². The largest absolute Gasteiger partial charge is 0.497 e. The highest BCUT2D eigenvalue weighted by molar-refractivity contribution is 7.18. The summed E-state index contributed by atoms with van der Waals surface area (Å²) in [5.41, 5.74) is 1.70. The van der Waals surface area contributed by atoms with E-state index >= 15 is 0 Å². The molecule has 34 heavy (non-hydrogen) atoms. The zero-order chi connectivity index (χ0) is 24.6. The molecular formula is C26H33N3O4S. The van der Waals surface area contributed by atoms with E-state index in [2.05, 4.69) is 31.1 Å². The Morgan fingerprint density at radius 1 is 1.29 bits per heavy atom. The molecule has 8 heteroatoms. The number of rotatable bonds is 6. The van der Waals surface area contributed by atoms with Gasteiger partial charge in [0.05, 0.1) is 31.6 Å². The molecule has 1 amide bonds. The van der Waals surface area contributed by atoms with Crippen LogP contribution in [0.25, 0.3) is 10.2 Å². The van der Waals surface area contributed by atoms with Gasteiger partial charge in [0.15, 0.2) is 0 Å². The van der Waals surface area contributed by atoms with E-state index in [1.54, 1.807) is 43.8 Å². The Morgan fingerprint density at radius 2 is 2.06 bits per heavy atom. The fraction of sp³-hybridized carbons (Fsp3) is 0.500. The number of methoxy groups -OCH3 is 2. The van der Waals surface area contributed by atoms with Crippen molar-refractivity contribution in [3.63, 3.8) is 0 Å². The van der Waals surface area contributed by atoms with Crippen molar-refractivity contribution in [1.82, 2.24) is 9.55 Å². The standard InChI is InChI=1S/C26H33N3O4S/c1-7-19(23(30)28-18-13-16(32-5)9-11-20(18)33-6)29-14-27-24-22(25(29)31)17-10-8-15(26(2,3)4)12-21(17)34-24/h9,11,13-15,19H,7-8,10,12H2,1-6H3,(H,28,30). The van der Waals surface area contributed by atoms with E-state index in [0.29, 0.717) is 34.9 Å². The maximum Gasteiger partial charge on any atom is 0.263 e. The summed E-state index contributed by atoms with van der Waals surface area (Å²) in [5.74, 6) is 1.41. The monoisotopic (exact) mass is 483 g/mol. The number of nitrogens with zero attached hydrogens (tertiary/aromatic N) is 2. The first-order chi connectivity index (χ1) is 16.2. The Kier molecular flexibility index (Phi) is 6.71.